The minimum atomic E-state index is -0.438. The Morgan fingerprint density at radius 2 is 2.00 bits per heavy atom. The second kappa shape index (κ2) is 7.03. The number of oxazole rings is 1. The number of ether oxygens (including phenoxy) is 1. The fourth-order valence-corrected chi connectivity index (χ4v) is 2.82. The van der Waals surface area contributed by atoms with Crippen molar-refractivity contribution in [3.8, 4) is 11.5 Å². The van der Waals surface area contributed by atoms with Crippen molar-refractivity contribution >= 4 is 17.0 Å². The number of benzene rings is 2. The van der Waals surface area contributed by atoms with Crippen LogP contribution in [0.15, 0.2) is 52.9 Å². The van der Waals surface area contributed by atoms with Gasteiger partial charge in [-0.3, -0.25) is 0 Å². The van der Waals surface area contributed by atoms with Gasteiger partial charge in [0.15, 0.2) is 0 Å². The maximum atomic E-state index is 12.4. The molecule has 0 spiro atoms. The first-order valence-corrected chi connectivity index (χ1v) is 8.68. The number of aromatic nitrogens is 4. The van der Waals surface area contributed by atoms with Gasteiger partial charge in [-0.25, -0.2) is 14.5 Å². The lowest BCUT2D eigenvalue weighted by Crippen LogP contribution is -2.06. The van der Waals surface area contributed by atoms with Crippen LogP contribution in [0.1, 0.15) is 28.7 Å². The number of nitrogens with zero attached hydrogens (tertiary/aromatic N) is 4. The molecule has 0 amide bonds. The number of esters is 1. The van der Waals surface area contributed by atoms with E-state index in [4.69, 9.17) is 9.15 Å². The lowest BCUT2D eigenvalue weighted by atomic mass is 10.2. The predicted octanol–water partition coefficient (Wildman–Crippen LogP) is 3.77. The lowest BCUT2D eigenvalue weighted by Gasteiger charge is -2.03. The van der Waals surface area contributed by atoms with Crippen LogP contribution in [0.3, 0.4) is 0 Å². The Kier molecular flexibility index (Phi) is 4.42. The lowest BCUT2D eigenvalue weighted by molar-refractivity contribution is 0.0467. The molecule has 7 heteroatoms. The van der Waals surface area contributed by atoms with Gasteiger partial charge in [-0.2, -0.15) is 0 Å². The Balaban J connectivity index is 1.49. The van der Waals surface area contributed by atoms with Gasteiger partial charge in [0.25, 0.3) is 0 Å². The molecular formula is C20H18N4O3. The van der Waals surface area contributed by atoms with Crippen molar-refractivity contribution in [2.45, 2.75) is 27.0 Å². The summed E-state index contributed by atoms with van der Waals surface area (Å²) in [6.07, 6.45) is 0. The number of fused-ring (bicyclic) bond motifs is 1. The SMILES string of the molecule is CCn1nnc2cc(C(=O)OCc3nc(-c4ccccc4)oc3C)ccc21. The second-order valence-corrected chi connectivity index (χ2v) is 6.07. The number of hydrogen-bond acceptors (Lipinski definition) is 6. The summed E-state index contributed by atoms with van der Waals surface area (Å²) in [4.78, 5) is 16.8. The van der Waals surface area contributed by atoms with Crippen LogP contribution in [0.2, 0.25) is 0 Å². The third-order valence-corrected chi connectivity index (χ3v) is 4.30. The van der Waals surface area contributed by atoms with E-state index >= 15 is 0 Å². The average Bonchev–Trinajstić information content (AvgIpc) is 3.29. The summed E-state index contributed by atoms with van der Waals surface area (Å²) in [5.41, 5.74) is 3.45. The largest absolute Gasteiger partial charge is 0.455 e. The third kappa shape index (κ3) is 3.31. The summed E-state index contributed by atoms with van der Waals surface area (Å²) in [5, 5.41) is 8.12. The second-order valence-electron chi connectivity index (χ2n) is 6.07. The van der Waals surface area contributed by atoms with Crippen molar-refractivity contribution in [3.63, 3.8) is 0 Å². The molecule has 0 aliphatic heterocycles. The van der Waals surface area contributed by atoms with Crippen LogP contribution < -0.4 is 0 Å². The van der Waals surface area contributed by atoms with E-state index in [1.165, 1.54) is 0 Å². The number of aryl methyl sites for hydroxylation is 2. The molecule has 2 heterocycles. The van der Waals surface area contributed by atoms with Gasteiger partial charge < -0.3 is 9.15 Å². The molecule has 0 radical (unpaired) electrons. The van der Waals surface area contributed by atoms with E-state index < -0.39 is 5.97 Å². The molecule has 7 nitrogen and oxygen atoms in total. The van der Waals surface area contributed by atoms with Crippen LogP contribution in [0, 0.1) is 6.92 Å². The van der Waals surface area contributed by atoms with E-state index in [-0.39, 0.29) is 6.61 Å². The maximum Gasteiger partial charge on any atom is 0.338 e. The summed E-state index contributed by atoms with van der Waals surface area (Å²) >= 11 is 0. The van der Waals surface area contributed by atoms with Gasteiger partial charge in [-0.05, 0) is 44.2 Å². The van der Waals surface area contributed by atoms with Gasteiger partial charge >= 0.3 is 5.97 Å². The number of hydrogen-bond donors (Lipinski definition) is 0. The van der Waals surface area contributed by atoms with Crippen molar-refractivity contribution in [3.05, 3.63) is 65.5 Å². The first kappa shape index (κ1) is 17.0. The van der Waals surface area contributed by atoms with Gasteiger partial charge in [0.05, 0.1) is 11.1 Å². The number of carbonyl (C=O) groups excluding carboxylic acids is 1. The monoisotopic (exact) mass is 362 g/mol. The standard InChI is InChI=1S/C20H18N4O3/c1-3-24-18-10-9-15(11-16(18)22-23-24)20(25)26-12-17-13(2)27-19(21-17)14-7-5-4-6-8-14/h4-11H,3,12H2,1-2H3. The van der Waals surface area contributed by atoms with Crippen molar-refractivity contribution in [1.82, 2.24) is 20.0 Å². The Bertz CT molecular complexity index is 1100. The molecule has 4 aromatic rings. The molecule has 0 aliphatic rings. The summed E-state index contributed by atoms with van der Waals surface area (Å²) in [7, 11) is 0. The number of carbonyl (C=O) groups is 1. The Hall–Kier alpha value is -3.48. The van der Waals surface area contributed by atoms with Crippen molar-refractivity contribution < 1.29 is 13.9 Å². The summed E-state index contributed by atoms with van der Waals surface area (Å²) < 4.78 is 12.9. The normalized spacial score (nSPS) is 11.0. The molecule has 136 valence electrons. The third-order valence-electron chi connectivity index (χ3n) is 4.30. The Labute approximate surface area is 155 Å². The molecule has 0 bridgehead atoms. The van der Waals surface area contributed by atoms with Crippen molar-refractivity contribution in [2.24, 2.45) is 0 Å². The van der Waals surface area contributed by atoms with Crippen LogP contribution in [0.4, 0.5) is 0 Å². The molecule has 2 aromatic carbocycles. The van der Waals surface area contributed by atoms with Gasteiger partial charge in [0.2, 0.25) is 5.89 Å². The predicted molar refractivity (Wildman–Crippen MR) is 99.0 cm³/mol. The van der Waals surface area contributed by atoms with E-state index in [9.17, 15) is 4.79 Å². The van der Waals surface area contributed by atoms with Crippen molar-refractivity contribution in [2.75, 3.05) is 0 Å². The van der Waals surface area contributed by atoms with Gasteiger partial charge in [0.1, 0.15) is 23.6 Å². The highest BCUT2D eigenvalue weighted by molar-refractivity contribution is 5.93. The molecule has 0 saturated heterocycles. The first-order chi connectivity index (χ1) is 13.2. The molecule has 4 rings (SSSR count). The Morgan fingerprint density at radius 3 is 2.78 bits per heavy atom. The minimum Gasteiger partial charge on any atom is -0.455 e. The van der Waals surface area contributed by atoms with Crippen LogP contribution in [0.25, 0.3) is 22.5 Å². The highest BCUT2D eigenvalue weighted by Crippen LogP contribution is 2.22. The molecule has 0 fully saturated rings. The number of rotatable bonds is 5. The summed E-state index contributed by atoms with van der Waals surface area (Å²) in [5.74, 6) is 0.700. The van der Waals surface area contributed by atoms with Gasteiger partial charge in [-0.15, -0.1) is 5.10 Å². The van der Waals surface area contributed by atoms with E-state index in [1.807, 2.05) is 43.3 Å². The van der Waals surface area contributed by atoms with Gasteiger partial charge in [0, 0.05) is 12.1 Å². The smallest absolute Gasteiger partial charge is 0.338 e. The van der Waals surface area contributed by atoms with Crippen molar-refractivity contribution in [1.29, 1.82) is 0 Å². The summed E-state index contributed by atoms with van der Waals surface area (Å²) in [6, 6.07) is 14.8. The fourth-order valence-electron chi connectivity index (χ4n) is 2.82. The maximum absolute atomic E-state index is 12.4. The van der Waals surface area contributed by atoms with E-state index in [0.29, 0.717) is 28.4 Å². The minimum absolute atomic E-state index is 0.0423. The fraction of sp³-hybridized carbons (Fsp3) is 0.200. The highest BCUT2D eigenvalue weighted by Gasteiger charge is 2.15. The topological polar surface area (TPSA) is 83.0 Å². The zero-order chi connectivity index (χ0) is 18.8. The van der Waals surface area contributed by atoms with Crippen LogP contribution in [0.5, 0.6) is 0 Å². The molecular weight excluding hydrogens is 344 g/mol. The molecule has 0 N–H and O–H groups in total. The van der Waals surface area contributed by atoms with Crippen LogP contribution >= 0.6 is 0 Å². The first-order valence-electron chi connectivity index (χ1n) is 8.68. The Morgan fingerprint density at radius 1 is 1.19 bits per heavy atom. The van der Waals surface area contributed by atoms with Crippen LogP contribution in [-0.4, -0.2) is 25.9 Å². The van der Waals surface area contributed by atoms with E-state index in [1.54, 1.807) is 23.7 Å². The zero-order valence-electron chi connectivity index (χ0n) is 15.0. The highest BCUT2D eigenvalue weighted by atomic mass is 16.5. The molecule has 0 saturated carbocycles. The zero-order valence-corrected chi connectivity index (χ0v) is 15.0. The van der Waals surface area contributed by atoms with E-state index in [0.717, 1.165) is 17.6 Å². The molecule has 0 aliphatic carbocycles. The van der Waals surface area contributed by atoms with Crippen LogP contribution in [-0.2, 0) is 17.9 Å². The summed E-state index contributed by atoms with van der Waals surface area (Å²) in [6.45, 7) is 4.55. The van der Waals surface area contributed by atoms with Gasteiger partial charge in [-0.1, -0.05) is 23.4 Å². The molecule has 0 atom stereocenters. The van der Waals surface area contributed by atoms with E-state index in [2.05, 4.69) is 15.3 Å². The molecule has 27 heavy (non-hydrogen) atoms. The molecule has 2 aromatic heterocycles. The average molecular weight is 362 g/mol. The molecule has 0 unspecified atom stereocenters. The quantitative estimate of drug-likeness (QED) is 0.503.